The Kier molecular flexibility index (Phi) is 7.56. The molecule has 31 heavy (non-hydrogen) atoms. The van der Waals surface area contributed by atoms with Gasteiger partial charge in [-0.05, 0) is 83.6 Å². The largest absolute Gasteiger partial charge is 0.489 e. The Labute approximate surface area is 186 Å². The fourth-order valence-corrected chi connectivity index (χ4v) is 3.74. The molecule has 0 heterocycles. The van der Waals surface area contributed by atoms with Crippen molar-refractivity contribution in [3.8, 4) is 11.5 Å². The highest BCUT2D eigenvalue weighted by Crippen LogP contribution is 2.24. The molecule has 6 nitrogen and oxygen atoms in total. The second-order valence-corrected chi connectivity index (χ2v) is 8.21. The summed E-state index contributed by atoms with van der Waals surface area (Å²) in [6.07, 6.45) is 0. The maximum atomic E-state index is 7.47. The third-order valence-electron chi connectivity index (χ3n) is 4.48. The van der Waals surface area contributed by atoms with Gasteiger partial charge in [-0.25, -0.2) is 0 Å². The normalized spacial score (nSPS) is 10.5. The zero-order valence-corrected chi connectivity index (χ0v) is 18.2. The predicted octanol–water partition coefficient (Wildman–Crippen LogP) is 4.52. The lowest BCUT2D eigenvalue weighted by atomic mass is 10.1. The number of amidine groups is 2. The molecule has 3 aromatic rings. The van der Waals surface area contributed by atoms with Crippen LogP contribution < -0.4 is 20.9 Å². The first kappa shape index (κ1) is 22.2. The number of nitrogens with two attached hydrogens (primary N) is 2. The second-order valence-electron chi connectivity index (χ2n) is 6.87. The van der Waals surface area contributed by atoms with Crippen LogP contribution in [0, 0.1) is 10.8 Å². The van der Waals surface area contributed by atoms with Crippen LogP contribution in [-0.2, 0) is 13.2 Å². The van der Waals surface area contributed by atoms with E-state index in [2.05, 4.69) is 25.1 Å². The standard InChI is InChI=1S/C24H26N4O2S/c1-2-31-22-12-16(14-29-20-7-3-18(4-8-20)23(25)26)11-17(13-22)15-30-21-9-5-19(6-10-21)24(27)28/h3-13H,2,14-15H2,1H3,(H3,25,26)(H3,27,28). The molecule has 3 aromatic carbocycles. The Balaban J connectivity index is 1.67. The van der Waals surface area contributed by atoms with Gasteiger partial charge in [-0.1, -0.05) is 6.92 Å². The minimum atomic E-state index is 0.0383. The topological polar surface area (TPSA) is 118 Å². The highest BCUT2D eigenvalue weighted by molar-refractivity contribution is 7.99. The molecule has 0 unspecified atom stereocenters. The smallest absolute Gasteiger partial charge is 0.122 e. The van der Waals surface area contributed by atoms with Crippen molar-refractivity contribution >= 4 is 23.4 Å². The van der Waals surface area contributed by atoms with Gasteiger partial charge in [0.2, 0.25) is 0 Å². The zero-order valence-electron chi connectivity index (χ0n) is 17.4. The molecular formula is C24H26N4O2S. The molecule has 7 heteroatoms. The summed E-state index contributed by atoms with van der Waals surface area (Å²) in [7, 11) is 0. The van der Waals surface area contributed by atoms with Crippen LogP contribution in [0.3, 0.4) is 0 Å². The van der Waals surface area contributed by atoms with Gasteiger partial charge in [0.25, 0.3) is 0 Å². The van der Waals surface area contributed by atoms with Gasteiger partial charge in [0.15, 0.2) is 0 Å². The van der Waals surface area contributed by atoms with Crippen LogP contribution in [0.4, 0.5) is 0 Å². The average Bonchev–Trinajstić information content (AvgIpc) is 2.77. The van der Waals surface area contributed by atoms with E-state index in [0.717, 1.165) is 28.4 Å². The summed E-state index contributed by atoms with van der Waals surface area (Å²) in [5.41, 5.74) is 14.4. The Morgan fingerprint density at radius 2 is 1.16 bits per heavy atom. The first-order valence-corrected chi connectivity index (χ1v) is 10.8. The summed E-state index contributed by atoms with van der Waals surface area (Å²) in [6.45, 7) is 2.98. The van der Waals surface area contributed by atoms with E-state index in [4.69, 9.17) is 31.8 Å². The Morgan fingerprint density at radius 1 is 0.742 bits per heavy atom. The quantitative estimate of drug-likeness (QED) is 0.212. The van der Waals surface area contributed by atoms with Gasteiger partial charge in [0.05, 0.1) is 0 Å². The Morgan fingerprint density at radius 3 is 1.52 bits per heavy atom. The molecule has 0 aromatic heterocycles. The highest BCUT2D eigenvalue weighted by atomic mass is 32.2. The van der Waals surface area contributed by atoms with E-state index >= 15 is 0 Å². The highest BCUT2D eigenvalue weighted by Gasteiger charge is 2.06. The van der Waals surface area contributed by atoms with E-state index in [9.17, 15) is 0 Å². The summed E-state index contributed by atoms with van der Waals surface area (Å²) in [5.74, 6) is 2.50. The molecule has 0 saturated carbocycles. The summed E-state index contributed by atoms with van der Waals surface area (Å²) < 4.78 is 11.8. The average molecular weight is 435 g/mol. The van der Waals surface area contributed by atoms with Crippen molar-refractivity contribution in [2.24, 2.45) is 11.5 Å². The number of nitrogen functional groups attached to an aromatic ring is 2. The molecule has 0 aliphatic heterocycles. The van der Waals surface area contributed by atoms with E-state index in [1.54, 1.807) is 36.0 Å². The first-order valence-electron chi connectivity index (χ1n) is 9.84. The lowest BCUT2D eigenvalue weighted by Gasteiger charge is -2.12. The van der Waals surface area contributed by atoms with E-state index in [1.807, 2.05) is 24.3 Å². The van der Waals surface area contributed by atoms with E-state index in [0.29, 0.717) is 24.3 Å². The number of ether oxygens (including phenoxy) is 2. The first-order chi connectivity index (χ1) is 14.9. The summed E-state index contributed by atoms with van der Waals surface area (Å²) >= 11 is 1.77. The van der Waals surface area contributed by atoms with Crippen molar-refractivity contribution in [2.45, 2.75) is 25.0 Å². The van der Waals surface area contributed by atoms with Crippen molar-refractivity contribution in [2.75, 3.05) is 5.75 Å². The van der Waals surface area contributed by atoms with Crippen molar-refractivity contribution < 1.29 is 9.47 Å². The van der Waals surface area contributed by atoms with Crippen molar-refractivity contribution in [3.05, 3.63) is 89.0 Å². The third kappa shape index (κ3) is 6.52. The molecular weight excluding hydrogens is 408 g/mol. The maximum absolute atomic E-state index is 7.47. The molecule has 0 atom stereocenters. The molecule has 160 valence electrons. The number of thioether (sulfide) groups is 1. The maximum Gasteiger partial charge on any atom is 0.122 e. The minimum absolute atomic E-state index is 0.0383. The minimum Gasteiger partial charge on any atom is -0.489 e. The molecule has 0 radical (unpaired) electrons. The summed E-state index contributed by atoms with van der Waals surface area (Å²) in [6, 6.07) is 20.7. The van der Waals surface area contributed by atoms with Gasteiger partial charge >= 0.3 is 0 Å². The van der Waals surface area contributed by atoms with Gasteiger partial charge in [-0.2, -0.15) is 0 Å². The molecule has 0 aliphatic rings. The molecule has 0 aliphatic carbocycles. The molecule has 6 N–H and O–H groups in total. The van der Waals surface area contributed by atoms with Gasteiger partial charge in [-0.15, -0.1) is 11.8 Å². The molecule has 3 rings (SSSR count). The monoisotopic (exact) mass is 434 g/mol. The molecule has 0 fully saturated rings. The fraction of sp³-hybridized carbons (Fsp3) is 0.167. The molecule has 0 saturated heterocycles. The zero-order chi connectivity index (χ0) is 22.2. The Hall–Kier alpha value is -3.45. The predicted molar refractivity (Wildman–Crippen MR) is 126 cm³/mol. The van der Waals surface area contributed by atoms with E-state index in [1.165, 1.54) is 4.90 Å². The van der Waals surface area contributed by atoms with Crippen LogP contribution in [0.2, 0.25) is 0 Å². The van der Waals surface area contributed by atoms with Crippen LogP contribution >= 0.6 is 11.8 Å². The third-order valence-corrected chi connectivity index (χ3v) is 5.34. The number of hydrogen-bond acceptors (Lipinski definition) is 5. The van der Waals surface area contributed by atoms with Gasteiger partial charge in [0, 0.05) is 16.0 Å². The van der Waals surface area contributed by atoms with Crippen molar-refractivity contribution in [1.82, 2.24) is 0 Å². The van der Waals surface area contributed by atoms with Gasteiger partial charge in [0.1, 0.15) is 36.4 Å². The number of rotatable bonds is 10. The molecule has 0 amide bonds. The number of hydrogen-bond donors (Lipinski definition) is 4. The second kappa shape index (κ2) is 10.5. The van der Waals surface area contributed by atoms with Crippen LogP contribution in [0.25, 0.3) is 0 Å². The van der Waals surface area contributed by atoms with Gasteiger partial charge < -0.3 is 20.9 Å². The van der Waals surface area contributed by atoms with E-state index in [-0.39, 0.29) is 11.7 Å². The van der Waals surface area contributed by atoms with Crippen molar-refractivity contribution in [3.63, 3.8) is 0 Å². The Bertz CT molecular complexity index is 970. The van der Waals surface area contributed by atoms with Crippen molar-refractivity contribution in [1.29, 1.82) is 10.8 Å². The van der Waals surface area contributed by atoms with Crippen LogP contribution in [-0.4, -0.2) is 17.4 Å². The summed E-state index contributed by atoms with van der Waals surface area (Å²) in [4.78, 5) is 1.17. The SMILES string of the molecule is CCSc1cc(COc2ccc(C(=N)N)cc2)cc(COc2ccc(C(=N)N)cc2)c1. The summed E-state index contributed by atoms with van der Waals surface area (Å²) in [5, 5.41) is 14.9. The number of nitrogens with one attached hydrogen (secondary N) is 2. The lowest BCUT2D eigenvalue weighted by Crippen LogP contribution is -2.10. The molecule has 0 bridgehead atoms. The lowest BCUT2D eigenvalue weighted by molar-refractivity contribution is 0.299. The fourth-order valence-electron chi connectivity index (χ4n) is 2.94. The number of benzene rings is 3. The van der Waals surface area contributed by atoms with Crippen LogP contribution in [0.1, 0.15) is 29.2 Å². The van der Waals surface area contributed by atoms with E-state index < -0.39 is 0 Å². The van der Waals surface area contributed by atoms with Gasteiger partial charge in [-0.3, -0.25) is 10.8 Å². The van der Waals surface area contributed by atoms with Crippen LogP contribution in [0.15, 0.2) is 71.6 Å². The van der Waals surface area contributed by atoms with Crippen LogP contribution in [0.5, 0.6) is 11.5 Å². The molecule has 0 spiro atoms.